The Hall–Kier alpha value is -3.52. The maximum absolute atomic E-state index is 5.44. The Morgan fingerprint density at radius 3 is 2.76 bits per heavy atom. The number of fused-ring (bicyclic) bond motifs is 3. The van der Waals surface area contributed by atoms with Gasteiger partial charge in [-0.3, -0.25) is 4.99 Å². The van der Waals surface area contributed by atoms with Crippen LogP contribution in [0.25, 0.3) is 21.0 Å². The van der Waals surface area contributed by atoms with E-state index in [0.717, 1.165) is 44.7 Å². The fourth-order valence-electron chi connectivity index (χ4n) is 3.26. The number of anilines is 2. The van der Waals surface area contributed by atoms with Gasteiger partial charge >= 0.3 is 0 Å². The van der Waals surface area contributed by atoms with Crippen molar-refractivity contribution >= 4 is 49.7 Å². The highest BCUT2D eigenvalue weighted by Gasteiger charge is 2.13. The predicted octanol–water partition coefficient (Wildman–Crippen LogP) is 5.21. The highest BCUT2D eigenvalue weighted by Crippen LogP contribution is 2.35. The van der Waals surface area contributed by atoms with E-state index in [-0.39, 0.29) is 0 Å². The minimum atomic E-state index is 0.459. The molecule has 0 spiro atoms. The minimum absolute atomic E-state index is 0.459. The van der Waals surface area contributed by atoms with Gasteiger partial charge in [0.2, 0.25) is 0 Å². The van der Waals surface area contributed by atoms with Crippen LogP contribution in [0.4, 0.5) is 11.5 Å². The van der Waals surface area contributed by atoms with Gasteiger partial charge < -0.3 is 15.9 Å². The number of nitrogens with one attached hydrogen (secondary N) is 1. The van der Waals surface area contributed by atoms with E-state index in [1.165, 1.54) is 4.70 Å². The number of benzene rings is 2. The Morgan fingerprint density at radius 1 is 1.14 bits per heavy atom. The Bertz CT molecular complexity index is 1260. The molecule has 2 aromatic heterocycles. The van der Waals surface area contributed by atoms with Crippen molar-refractivity contribution in [1.29, 1.82) is 0 Å². The number of rotatable bonds is 4. The average Bonchev–Trinajstić information content (AvgIpc) is 3.23. The molecule has 3 N–H and O–H groups in total. The lowest BCUT2D eigenvalue weighted by Crippen LogP contribution is -2.00. The standard InChI is InChI=1S/C21H20N6OS/c1-12-4-6-14(11-18(12)28-3)24-21-16-8-9-29-19(16)15-7-5-13(10-17(15)25-21)20(23-2)26-27-22/h4-11H,1-3H3,(H,24,25)(H2,22,23,26). The molecule has 0 aliphatic carbocycles. The molecule has 8 heteroatoms. The van der Waals surface area contributed by atoms with Gasteiger partial charge in [-0.05, 0) is 36.1 Å². The van der Waals surface area contributed by atoms with E-state index in [1.807, 2.05) is 43.3 Å². The van der Waals surface area contributed by atoms with Crippen molar-refractivity contribution < 1.29 is 4.74 Å². The summed E-state index contributed by atoms with van der Waals surface area (Å²) in [6.07, 6.45) is 0. The molecule has 4 rings (SSSR count). The molecule has 146 valence electrons. The number of aliphatic imine (C=N–C) groups is 1. The lowest BCUT2D eigenvalue weighted by atomic mass is 10.1. The molecule has 0 radical (unpaired) electrons. The van der Waals surface area contributed by atoms with E-state index >= 15 is 0 Å². The molecule has 0 saturated carbocycles. The second-order valence-electron chi connectivity index (χ2n) is 6.43. The molecule has 0 atom stereocenters. The van der Waals surface area contributed by atoms with Crippen LogP contribution in [-0.4, -0.2) is 25.0 Å². The van der Waals surface area contributed by atoms with Crippen molar-refractivity contribution in [2.45, 2.75) is 6.92 Å². The van der Waals surface area contributed by atoms with E-state index in [1.54, 1.807) is 25.5 Å². The number of thiophene rings is 1. The van der Waals surface area contributed by atoms with E-state index in [0.29, 0.717) is 5.84 Å². The van der Waals surface area contributed by atoms with Crippen molar-refractivity contribution in [1.82, 2.24) is 4.98 Å². The first-order chi connectivity index (χ1) is 14.1. The fraction of sp³-hybridized carbons (Fsp3) is 0.143. The summed E-state index contributed by atoms with van der Waals surface area (Å²) >= 11 is 1.69. The van der Waals surface area contributed by atoms with Crippen LogP contribution in [0.5, 0.6) is 5.75 Å². The van der Waals surface area contributed by atoms with E-state index in [2.05, 4.69) is 32.1 Å². The van der Waals surface area contributed by atoms with Crippen molar-refractivity contribution in [2.75, 3.05) is 19.5 Å². The van der Waals surface area contributed by atoms with E-state index < -0.39 is 0 Å². The molecule has 0 aliphatic rings. The molecular weight excluding hydrogens is 384 g/mol. The van der Waals surface area contributed by atoms with E-state index in [9.17, 15) is 0 Å². The Morgan fingerprint density at radius 2 is 2.00 bits per heavy atom. The normalized spacial score (nSPS) is 12.2. The molecule has 2 aromatic carbocycles. The summed E-state index contributed by atoms with van der Waals surface area (Å²) < 4.78 is 6.61. The van der Waals surface area contributed by atoms with Crippen LogP contribution >= 0.6 is 11.3 Å². The van der Waals surface area contributed by atoms with Crippen LogP contribution < -0.4 is 15.9 Å². The first-order valence-electron chi connectivity index (χ1n) is 8.95. The third-order valence-corrected chi connectivity index (χ3v) is 5.64. The van der Waals surface area contributed by atoms with Crippen LogP contribution in [0.15, 0.2) is 63.2 Å². The Balaban J connectivity index is 1.85. The topological polar surface area (TPSA) is 97.2 Å². The summed E-state index contributed by atoms with van der Waals surface area (Å²) in [7, 11) is 3.33. The zero-order valence-electron chi connectivity index (χ0n) is 16.3. The van der Waals surface area contributed by atoms with Crippen LogP contribution in [0.1, 0.15) is 11.1 Å². The largest absolute Gasteiger partial charge is 0.496 e. The lowest BCUT2D eigenvalue weighted by molar-refractivity contribution is 0.412. The van der Waals surface area contributed by atoms with Gasteiger partial charge in [-0.25, -0.2) is 4.98 Å². The molecule has 4 aromatic rings. The monoisotopic (exact) mass is 404 g/mol. The number of ether oxygens (including phenoxy) is 1. The predicted molar refractivity (Wildman–Crippen MR) is 120 cm³/mol. The molecule has 0 amide bonds. The van der Waals surface area contributed by atoms with Gasteiger partial charge in [-0.2, -0.15) is 0 Å². The first kappa shape index (κ1) is 18.8. The number of nitrogens with two attached hydrogens (primary N) is 1. The number of aromatic nitrogens is 1. The number of nitrogens with zero attached hydrogens (tertiary/aromatic N) is 4. The summed E-state index contributed by atoms with van der Waals surface area (Å²) in [6.45, 7) is 2.01. The van der Waals surface area contributed by atoms with E-state index in [4.69, 9.17) is 15.6 Å². The van der Waals surface area contributed by atoms with Gasteiger partial charge in [-0.15, -0.1) is 16.5 Å². The average molecular weight is 404 g/mol. The summed E-state index contributed by atoms with van der Waals surface area (Å²) in [4.78, 5) is 9.03. The summed E-state index contributed by atoms with van der Waals surface area (Å²) in [5, 5.41) is 14.9. The van der Waals surface area contributed by atoms with Gasteiger partial charge in [0, 0.05) is 39.8 Å². The Kier molecular flexibility index (Phi) is 5.09. The van der Waals surface area contributed by atoms with Crippen molar-refractivity contribution in [3.05, 3.63) is 59.0 Å². The number of amidine groups is 1. The molecule has 0 unspecified atom stereocenters. The molecule has 0 bridgehead atoms. The second-order valence-corrected chi connectivity index (χ2v) is 7.34. The quantitative estimate of drug-likeness (QED) is 0.160. The molecule has 0 fully saturated rings. The molecule has 2 heterocycles. The second kappa shape index (κ2) is 7.84. The third-order valence-electron chi connectivity index (χ3n) is 4.69. The number of hydrogen-bond acceptors (Lipinski definition) is 6. The number of methoxy groups -OCH3 is 1. The molecule has 0 aliphatic heterocycles. The maximum atomic E-state index is 5.44. The molecule has 0 saturated heterocycles. The first-order valence-corrected chi connectivity index (χ1v) is 9.83. The van der Waals surface area contributed by atoms with Gasteiger partial charge in [0.05, 0.1) is 12.6 Å². The van der Waals surface area contributed by atoms with Gasteiger partial charge in [0.1, 0.15) is 11.6 Å². The van der Waals surface area contributed by atoms with Crippen molar-refractivity contribution in [3.63, 3.8) is 0 Å². The number of pyridine rings is 1. The van der Waals surface area contributed by atoms with Crippen molar-refractivity contribution in [3.8, 4) is 5.75 Å². The van der Waals surface area contributed by atoms with Gasteiger partial charge in [-0.1, -0.05) is 23.4 Å². The van der Waals surface area contributed by atoms with Gasteiger partial charge in [0.15, 0.2) is 5.84 Å². The molecular formula is C21H20N6OS. The van der Waals surface area contributed by atoms with Crippen molar-refractivity contribution in [2.24, 2.45) is 21.2 Å². The smallest absolute Gasteiger partial charge is 0.178 e. The third kappa shape index (κ3) is 3.50. The summed E-state index contributed by atoms with van der Waals surface area (Å²) in [5.74, 6) is 7.28. The highest BCUT2D eigenvalue weighted by molar-refractivity contribution is 7.18. The van der Waals surface area contributed by atoms with Crippen LogP contribution in [0, 0.1) is 6.92 Å². The molecule has 29 heavy (non-hydrogen) atoms. The lowest BCUT2D eigenvalue weighted by Gasteiger charge is -2.12. The maximum Gasteiger partial charge on any atom is 0.178 e. The van der Waals surface area contributed by atoms with Crippen LogP contribution in [0.2, 0.25) is 0 Å². The summed E-state index contributed by atoms with van der Waals surface area (Å²) in [5.41, 5.74) is 3.64. The van der Waals surface area contributed by atoms with Crippen LogP contribution in [0.3, 0.4) is 0 Å². The highest BCUT2D eigenvalue weighted by atomic mass is 32.1. The zero-order chi connectivity index (χ0) is 20.4. The molecule has 7 nitrogen and oxygen atoms in total. The fourth-order valence-corrected chi connectivity index (χ4v) is 4.19. The zero-order valence-corrected chi connectivity index (χ0v) is 17.1. The number of aryl methyl sites for hydroxylation is 1. The number of hydrogen-bond donors (Lipinski definition) is 2. The van der Waals surface area contributed by atoms with Crippen LogP contribution in [-0.2, 0) is 0 Å². The van der Waals surface area contributed by atoms with Gasteiger partial charge in [0.25, 0.3) is 0 Å². The Labute approximate surface area is 171 Å². The summed E-state index contributed by atoms with van der Waals surface area (Å²) in [6, 6.07) is 14.0. The minimum Gasteiger partial charge on any atom is -0.496 e. The SMILES string of the molecule is CN=C(N=NN)c1ccc2c(c1)nc(Nc1ccc(C)c(OC)c1)c1ccsc12.